The van der Waals surface area contributed by atoms with Crippen LogP contribution in [0.25, 0.3) is 0 Å². The largest absolute Gasteiger partial charge is 0.481 e. The highest BCUT2D eigenvalue weighted by Gasteiger charge is 2.25. The van der Waals surface area contributed by atoms with Crippen molar-refractivity contribution in [2.24, 2.45) is 0 Å². The number of anilines is 1. The Bertz CT molecular complexity index is 962. The average molecular weight is 455 g/mol. The Morgan fingerprint density at radius 3 is 2.76 bits per heavy atom. The molecule has 2 aromatic heterocycles. The first-order valence-electron chi connectivity index (χ1n) is 11.5. The maximum Gasteiger partial charge on any atom is 0.307 e. The molecule has 0 bridgehead atoms. The van der Waals surface area contributed by atoms with E-state index in [2.05, 4.69) is 23.3 Å². The SMILES string of the molecule is COC(=O)C[C@@H](c1ccc(OC)nc1)N(C)C(=O)CCCCc1nc2c(cc1C)CCCN2. The second-order valence-corrected chi connectivity index (χ2v) is 8.43. The molecule has 2 aromatic rings. The summed E-state index contributed by atoms with van der Waals surface area (Å²) in [6, 6.07) is 5.34. The van der Waals surface area contributed by atoms with Gasteiger partial charge in [0.2, 0.25) is 11.8 Å². The summed E-state index contributed by atoms with van der Waals surface area (Å²) < 4.78 is 9.95. The second-order valence-electron chi connectivity index (χ2n) is 8.43. The molecule has 0 saturated heterocycles. The summed E-state index contributed by atoms with van der Waals surface area (Å²) in [4.78, 5) is 35.6. The standard InChI is InChI=1S/C25H34N4O4/c1-17-14-18-8-7-13-26-25(18)28-20(17)9-5-6-10-23(30)29(2)21(15-24(31)33-4)19-11-12-22(32-3)27-16-19/h11-12,14,16,21H,5-10,13,15H2,1-4H3,(H,26,28)/t21-/m0/s1. The topological polar surface area (TPSA) is 93.7 Å². The summed E-state index contributed by atoms with van der Waals surface area (Å²) in [6.45, 7) is 3.08. The van der Waals surface area contributed by atoms with Crippen LogP contribution in [0.15, 0.2) is 24.4 Å². The number of unbranched alkanes of at least 4 members (excludes halogenated alkanes) is 1. The van der Waals surface area contributed by atoms with E-state index in [0.717, 1.165) is 55.7 Å². The van der Waals surface area contributed by atoms with Crippen molar-refractivity contribution in [2.45, 2.75) is 57.9 Å². The summed E-state index contributed by atoms with van der Waals surface area (Å²) >= 11 is 0. The third-order valence-corrected chi connectivity index (χ3v) is 6.17. The molecule has 3 heterocycles. The zero-order valence-electron chi connectivity index (χ0n) is 20.0. The van der Waals surface area contributed by atoms with E-state index in [0.29, 0.717) is 12.3 Å². The third-order valence-electron chi connectivity index (χ3n) is 6.17. The molecular formula is C25H34N4O4. The van der Waals surface area contributed by atoms with E-state index in [1.165, 1.54) is 18.2 Å². The lowest BCUT2D eigenvalue weighted by Gasteiger charge is -2.28. The zero-order chi connectivity index (χ0) is 23.8. The highest BCUT2D eigenvalue weighted by Crippen LogP contribution is 2.26. The number of rotatable bonds is 10. The summed E-state index contributed by atoms with van der Waals surface area (Å²) in [7, 11) is 4.61. The van der Waals surface area contributed by atoms with Crippen LogP contribution in [0.2, 0.25) is 0 Å². The molecule has 0 radical (unpaired) electrons. The van der Waals surface area contributed by atoms with E-state index in [-0.39, 0.29) is 18.3 Å². The average Bonchev–Trinajstić information content (AvgIpc) is 2.84. The first kappa shape index (κ1) is 24.5. The van der Waals surface area contributed by atoms with Crippen molar-refractivity contribution >= 4 is 17.7 Å². The van der Waals surface area contributed by atoms with Gasteiger partial charge < -0.3 is 19.7 Å². The molecule has 8 heteroatoms. The van der Waals surface area contributed by atoms with Crippen molar-refractivity contribution < 1.29 is 19.1 Å². The van der Waals surface area contributed by atoms with E-state index in [4.69, 9.17) is 14.5 Å². The van der Waals surface area contributed by atoms with E-state index in [9.17, 15) is 9.59 Å². The predicted octanol–water partition coefficient (Wildman–Crippen LogP) is 3.63. The minimum atomic E-state index is -0.445. The highest BCUT2D eigenvalue weighted by atomic mass is 16.5. The maximum atomic E-state index is 12.9. The molecule has 1 amide bonds. The first-order chi connectivity index (χ1) is 15.9. The number of ether oxygens (including phenoxy) is 2. The number of hydrogen-bond donors (Lipinski definition) is 1. The molecule has 0 aromatic carbocycles. The number of amides is 1. The van der Waals surface area contributed by atoms with Crippen LogP contribution in [0, 0.1) is 6.92 Å². The highest BCUT2D eigenvalue weighted by molar-refractivity contribution is 5.78. The van der Waals surface area contributed by atoms with Crippen molar-refractivity contribution in [2.75, 3.05) is 33.1 Å². The third kappa shape index (κ3) is 6.43. The number of nitrogens with zero attached hydrogens (tertiary/aromatic N) is 3. The van der Waals surface area contributed by atoms with Gasteiger partial charge in [-0.05, 0) is 55.7 Å². The number of methoxy groups -OCH3 is 2. The Balaban J connectivity index is 1.57. The number of carbonyl (C=O) groups is 2. The lowest BCUT2D eigenvalue weighted by molar-refractivity contribution is -0.143. The van der Waals surface area contributed by atoms with Gasteiger partial charge in [0.15, 0.2) is 0 Å². The van der Waals surface area contributed by atoms with Gasteiger partial charge in [0.25, 0.3) is 0 Å². The number of esters is 1. The van der Waals surface area contributed by atoms with Crippen molar-refractivity contribution in [1.29, 1.82) is 0 Å². The number of pyridine rings is 2. The molecule has 178 valence electrons. The Hall–Kier alpha value is -3.16. The molecular weight excluding hydrogens is 420 g/mol. The Morgan fingerprint density at radius 2 is 2.06 bits per heavy atom. The molecule has 0 unspecified atom stereocenters. The van der Waals surface area contributed by atoms with Gasteiger partial charge in [-0.1, -0.05) is 12.1 Å². The van der Waals surface area contributed by atoms with E-state index in [1.807, 2.05) is 6.07 Å². The number of carbonyl (C=O) groups excluding carboxylic acids is 2. The van der Waals surface area contributed by atoms with Crippen LogP contribution in [0.3, 0.4) is 0 Å². The van der Waals surface area contributed by atoms with E-state index < -0.39 is 6.04 Å². The van der Waals surface area contributed by atoms with Crippen LogP contribution in [-0.2, 0) is 27.2 Å². The summed E-state index contributed by atoms with van der Waals surface area (Å²) in [5.74, 6) is 1.09. The van der Waals surface area contributed by atoms with Crippen LogP contribution >= 0.6 is 0 Å². The Labute approximate surface area is 195 Å². The van der Waals surface area contributed by atoms with Crippen LogP contribution in [0.1, 0.15) is 60.5 Å². The van der Waals surface area contributed by atoms with Crippen LogP contribution in [-0.4, -0.2) is 54.6 Å². The molecule has 3 rings (SSSR count). The van der Waals surface area contributed by atoms with Gasteiger partial charge in [-0.2, -0.15) is 0 Å². The molecule has 1 N–H and O–H groups in total. The molecule has 1 atom stereocenters. The lowest BCUT2D eigenvalue weighted by atomic mass is 10.0. The number of fused-ring (bicyclic) bond motifs is 1. The van der Waals surface area contributed by atoms with Crippen LogP contribution in [0.4, 0.5) is 5.82 Å². The maximum absolute atomic E-state index is 12.9. The van der Waals surface area contributed by atoms with Gasteiger partial charge >= 0.3 is 5.97 Å². The van der Waals surface area contributed by atoms with E-state index >= 15 is 0 Å². The summed E-state index contributed by atoms with van der Waals surface area (Å²) in [5.41, 5.74) is 4.37. The van der Waals surface area contributed by atoms with E-state index in [1.54, 1.807) is 31.3 Å². The summed E-state index contributed by atoms with van der Waals surface area (Å²) in [6.07, 6.45) is 6.79. The van der Waals surface area contributed by atoms with Gasteiger partial charge in [0, 0.05) is 38.0 Å². The fourth-order valence-corrected chi connectivity index (χ4v) is 4.14. The number of nitrogens with one attached hydrogen (secondary N) is 1. The van der Waals surface area contributed by atoms with Gasteiger partial charge in [-0.25, -0.2) is 9.97 Å². The summed E-state index contributed by atoms with van der Waals surface area (Å²) in [5, 5.41) is 3.39. The number of hydrogen-bond acceptors (Lipinski definition) is 7. The zero-order valence-corrected chi connectivity index (χ0v) is 20.0. The minimum Gasteiger partial charge on any atom is -0.481 e. The molecule has 0 fully saturated rings. The van der Waals surface area contributed by atoms with Crippen molar-refractivity contribution in [3.05, 3.63) is 46.8 Å². The molecule has 1 aliphatic rings. The fraction of sp³-hybridized carbons (Fsp3) is 0.520. The Morgan fingerprint density at radius 1 is 1.24 bits per heavy atom. The van der Waals surface area contributed by atoms with Crippen molar-refractivity contribution in [3.8, 4) is 5.88 Å². The smallest absolute Gasteiger partial charge is 0.307 e. The second kappa shape index (κ2) is 11.6. The van der Waals surface area contributed by atoms with Crippen LogP contribution < -0.4 is 10.1 Å². The molecule has 0 spiro atoms. The predicted molar refractivity (Wildman–Crippen MR) is 126 cm³/mol. The van der Waals surface area contributed by atoms with Gasteiger partial charge in [0.05, 0.1) is 26.7 Å². The molecule has 1 aliphatic heterocycles. The molecule has 0 saturated carbocycles. The van der Waals surface area contributed by atoms with Crippen molar-refractivity contribution in [1.82, 2.24) is 14.9 Å². The molecule has 0 aliphatic carbocycles. The van der Waals surface area contributed by atoms with Crippen LogP contribution in [0.5, 0.6) is 5.88 Å². The quantitative estimate of drug-likeness (QED) is 0.433. The number of aromatic nitrogens is 2. The van der Waals surface area contributed by atoms with Gasteiger partial charge in [-0.15, -0.1) is 0 Å². The normalized spacial score (nSPS) is 13.5. The molecule has 8 nitrogen and oxygen atoms in total. The Kier molecular flexibility index (Phi) is 8.63. The molecule has 33 heavy (non-hydrogen) atoms. The van der Waals surface area contributed by atoms with Gasteiger partial charge in [0.1, 0.15) is 5.82 Å². The lowest BCUT2D eigenvalue weighted by Crippen LogP contribution is -2.32. The van der Waals surface area contributed by atoms with Crippen molar-refractivity contribution in [3.63, 3.8) is 0 Å². The minimum absolute atomic E-state index is 0.0171. The monoisotopic (exact) mass is 454 g/mol. The fourth-order valence-electron chi connectivity index (χ4n) is 4.14. The van der Waals surface area contributed by atoms with Gasteiger partial charge in [-0.3, -0.25) is 9.59 Å². The number of aryl methyl sites for hydroxylation is 3. The first-order valence-corrected chi connectivity index (χ1v) is 11.5.